The largest absolute Gasteiger partial charge is 0.506 e. The average molecular weight is 301 g/mol. The summed E-state index contributed by atoms with van der Waals surface area (Å²) < 4.78 is 0.608. The van der Waals surface area contributed by atoms with E-state index >= 15 is 0 Å². The van der Waals surface area contributed by atoms with Gasteiger partial charge in [-0.15, -0.1) is 0 Å². The molecule has 0 amide bonds. The maximum absolute atomic E-state index is 11.1. The van der Waals surface area contributed by atoms with Crippen LogP contribution in [0.25, 0.3) is 0 Å². The minimum absolute atomic E-state index is 0.141. The molecule has 0 atom stereocenters. The third-order valence-electron chi connectivity index (χ3n) is 3.10. The number of carboxylic acids is 1. The molecule has 1 aromatic rings. The number of carboxylic acid groups (broad SMARTS) is 1. The Kier molecular flexibility index (Phi) is 3.87. The van der Waals surface area contributed by atoms with Crippen LogP contribution in [0.3, 0.4) is 0 Å². The van der Waals surface area contributed by atoms with Gasteiger partial charge in [-0.25, -0.2) is 0 Å². The van der Waals surface area contributed by atoms with Crippen molar-refractivity contribution in [3.63, 3.8) is 0 Å². The summed E-state index contributed by atoms with van der Waals surface area (Å²) >= 11 is 3.28. The van der Waals surface area contributed by atoms with Gasteiger partial charge in [0.2, 0.25) is 0 Å². The maximum Gasteiger partial charge on any atom is 0.309 e. The van der Waals surface area contributed by atoms with Gasteiger partial charge in [-0.3, -0.25) is 4.79 Å². The van der Waals surface area contributed by atoms with Crippen molar-refractivity contribution in [2.24, 2.45) is 5.41 Å². The van der Waals surface area contributed by atoms with E-state index in [-0.39, 0.29) is 5.75 Å². The predicted octanol–water partition coefficient (Wildman–Crippen LogP) is 3.42. The van der Waals surface area contributed by atoms with Crippen LogP contribution in [0.1, 0.15) is 30.5 Å². The number of benzene rings is 1. The van der Waals surface area contributed by atoms with Crippen molar-refractivity contribution in [1.82, 2.24) is 0 Å². The normalized spacial score (nSPS) is 11.6. The summed E-state index contributed by atoms with van der Waals surface area (Å²) in [5, 5.41) is 19.1. The molecule has 0 heterocycles. The Morgan fingerprint density at radius 3 is 2.41 bits per heavy atom. The van der Waals surface area contributed by atoms with Gasteiger partial charge in [0.15, 0.2) is 0 Å². The van der Waals surface area contributed by atoms with Crippen LogP contribution in [0.5, 0.6) is 5.75 Å². The van der Waals surface area contributed by atoms with E-state index < -0.39 is 11.4 Å². The van der Waals surface area contributed by atoms with Crippen molar-refractivity contribution >= 4 is 21.9 Å². The molecule has 0 unspecified atom stereocenters. The van der Waals surface area contributed by atoms with Crippen molar-refractivity contribution in [2.45, 2.75) is 34.1 Å². The fourth-order valence-electron chi connectivity index (χ4n) is 1.66. The van der Waals surface area contributed by atoms with Gasteiger partial charge in [0, 0.05) is 0 Å². The molecule has 0 radical (unpaired) electrons. The van der Waals surface area contributed by atoms with Crippen LogP contribution >= 0.6 is 15.9 Å². The molecule has 2 N–H and O–H groups in total. The zero-order chi connectivity index (χ0) is 13.4. The van der Waals surface area contributed by atoms with Crippen molar-refractivity contribution < 1.29 is 15.0 Å². The fourth-order valence-corrected chi connectivity index (χ4v) is 2.24. The van der Waals surface area contributed by atoms with Crippen LogP contribution in [0.15, 0.2) is 10.5 Å². The number of halogens is 1. The molecule has 0 aliphatic carbocycles. The molecule has 0 saturated heterocycles. The molecule has 17 heavy (non-hydrogen) atoms. The van der Waals surface area contributed by atoms with Gasteiger partial charge < -0.3 is 10.2 Å². The molecule has 0 aliphatic rings. The second-order valence-corrected chi connectivity index (χ2v) is 5.85. The van der Waals surface area contributed by atoms with Gasteiger partial charge in [0.05, 0.1) is 9.89 Å². The Bertz CT molecular complexity index is 438. The zero-order valence-electron chi connectivity index (χ0n) is 10.5. The van der Waals surface area contributed by atoms with E-state index in [2.05, 4.69) is 15.9 Å². The second-order valence-electron chi connectivity index (χ2n) is 4.99. The Morgan fingerprint density at radius 1 is 1.41 bits per heavy atom. The van der Waals surface area contributed by atoms with E-state index in [1.807, 2.05) is 19.9 Å². The van der Waals surface area contributed by atoms with E-state index in [4.69, 9.17) is 5.11 Å². The SMILES string of the molecule is Cc1cc(Br)c(O)c(CC(C)(C)C(=O)O)c1C. The number of aryl methyl sites for hydroxylation is 1. The van der Waals surface area contributed by atoms with Gasteiger partial charge in [-0.1, -0.05) is 0 Å². The minimum atomic E-state index is -0.893. The molecule has 4 heteroatoms. The maximum atomic E-state index is 11.1. The number of phenolic OH excluding ortho intramolecular Hbond substituents is 1. The van der Waals surface area contributed by atoms with Crippen LogP contribution in [0.4, 0.5) is 0 Å². The molecule has 1 aromatic carbocycles. The van der Waals surface area contributed by atoms with Crippen LogP contribution in [-0.4, -0.2) is 16.2 Å². The molecule has 94 valence electrons. The topological polar surface area (TPSA) is 57.5 Å². The van der Waals surface area contributed by atoms with Crippen LogP contribution in [-0.2, 0) is 11.2 Å². The number of aromatic hydroxyl groups is 1. The number of aliphatic carboxylic acids is 1. The quantitative estimate of drug-likeness (QED) is 0.899. The van der Waals surface area contributed by atoms with E-state index in [0.717, 1.165) is 11.1 Å². The first-order valence-electron chi connectivity index (χ1n) is 5.37. The lowest BCUT2D eigenvalue weighted by molar-refractivity contribution is -0.146. The first-order chi connectivity index (χ1) is 7.66. The van der Waals surface area contributed by atoms with Gasteiger partial charge in [-0.05, 0) is 72.8 Å². The average Bonchev–Trinajstić information content (AvgIpc) is 2.21. The van der Waals surface area contributed by atoms with Crippen molar-refractivity contribution in [3.8, 4) is 5.75 Å². The number of phenols is 1. The van der Waals surface area contributed by atoms with E-state index in [0.29, 0.717) is 16.5 Å². The summed E-state index contributed by atoms with van der Waals surface area (Å²) in [6.45, 7) is 7.15. The highest BCUT2D eigenvalue weighted by molar-refractivity contribution is 9.10. The van der Waals surface area contributed by atoms with Gasteiger partial charge in [-0.2, -0.15) is 0 Å². The minimum Gasteiger partial charge on any atom is -0.506 e. The highest BCUT2D eigenvalue weighted by atomic mass is 79.9. The molecule has 3 nitrogen and oxygen atoms in total. The summed E-state index contributed by atoms with van der Waals surface area (Å²) in [7, 11) is 0. The zero-order valence-corrected chi connectivity index (χ0v) is 12.1. The van der Waals surface area contributed by atoms with Crippen LogP contribution in [0.2, 0.25) is 0 Å². The van der Waals surface area contributed by atoms with Gasteiger partial charge in [0.25, 0.3) is 0 Å². The molecule has 0 aliphatic heterocycles. The molecular formula is C13H17BrO3. The summed E-state index contributed by atoms with van der Waals surface area (Å²) in [6, 6.07) is 1.84. The van der Waals surface area contributed by atoms with E-state index in [1.165, 1.54) is 0 Å². The summed E-state index contributed by atoms with van der Waals surface area (Å²) in [5.41, 5.74) is 1.78. The number of hydrogen-bond donors (Lipinski definition) is 2. The Hall–Kier alpha value is -1.03. The summed E-state index contributed by atoms with van der Waals surface area (Å²) in [5.74, 6) is -0.726. The summed E-state index contributed by atoms with van der Waals surface area (Å²) in [6.07, 6.45) is 0.306. The van der Waals surface area contributed by atoms with Crippen molar-refractivity contribution in [1.29, 1.82) is 0 Å². The molecule has 0 aromatic heterocycles. The third-order valence-corrected chi connectivity index (χ3v) is 3.70. The van der Waals surface area contributed by atoms with E-state index in [1.54, 1.807) is 13.8 Å². The molecule has 0 saturated carbocycles. The monoisotopic (exact) mass is 300 g/mol. The second kappa shape index (κ2) is 4.69. The van der Waals surface area contributed by atoms with Crippen molar-refractivity contribution in [2.75, 3.05) is 0 Å². The molecule has 0 fully saturated rings. The molecule has 1 rings (SSSR count). The van der Waals surface area contributed by atoms with Crippen LogP contribution < -0.4 is 0 Å². The lowest BCUT2D eigenvalue weighted by Crippen LogP contribution is -2.26. The number of hydrogen-bond acceptors (Lipinski definition) is 2. The third kappa shape index (κ3) is 2.80. The Morgan fingerprint density at radius 2 is 1.94 bits per heavy atom. The Labute approximate surface area is 110 Å². The molecular weight excluding hydrogens is 284 g/mol. The lowest BCUT2D eigenvalue weighted by Gasteiger charge is -2.22. The standard InChI is InChI=1S/C13H17BrO3/c1-7-5-10(14)11(15)9(8(7)2)6-13(3,4)12(16)17/h5,15H,6H2,1-4H3,(H,16,17). The number of rotatable bonds is 3. The van der Waals surface area contributed by atoms with Gasteiger partial charge in [0.1, 0.15) is 5.75 Å². The summed E-state index contributed by atoms with van der Waals surface area (Å²) in [4.78, 5) is 11.1. The Balaban J connectivity index is 3.28. The highest BCUT2D eigenvalue weighted by Crippen LogP contribution is 2.36. The molecule has 0 bridgehead atoms. The van der Waals surface area contributed by atoms with Crippen molar-refractivity contribution in [3.05, 3.63) is 27.2 Å². The van der Waals surface area contributed by atoms with E-state index in [9.17, 15) is 9.90 Å². The first-order valence-corrected chi connectivity index (χ1v) is 6.17. The number of carbonyl (C=O) groups is 1. The smallest absolute Gasteiger partial charge is 0.309 e. The fraction of sp³-hybridized carbons (Fsp3) is 0.462. The first kappa shape index (κ1) is 14.0. The predicted molar refractivity (Wildman–Crippen MR) is 70.4 cm³/mol. The van der Waals surface area contributed by atoms with Crippen LogP contribution in [0, 0.1) is 19.3 Å². The van der Waals surface area contributed by atoms with Gasteiger partial charge >= 0.3 is 5.97 Å². The highest BCUT2D eigenvalue weighted by Gasteiger charge is 2.30. The lowest BCUT2D eigenvalue weighted by atomic mass is 9.83. The molecule has 0 spiro atoms.